The molecule has 12 heteroatoms. The van der Waals surface area contributed by atoms with Gasteiger partial charge in [0.05, 0.1) is 65.0 Å². The molecule has 11 nitrogen and oxygen atoms in total. The van der Waals surface area contributed by atoms with Gasteiger partial charge in [0.2, 0.25) is 0 Å². The van der Waals surface area contributed by atoms with E-state index in [-0.39, 0.29) is 26.4 Å². The highest BCUT2D eigenvalue weighted by Gasteiger charge is 2.20. The molecule has 0 radical (unpaired) electrons. The Labute approximate surface area is 128 Å². The molecule has 0 aliphatic carbocycles. The van der Waals surface area contributed by atoms with Gasteiger partial charge in [-0.05, 0) is 0 Å². The van der Waals surface area contributed by atoms with E-state index < -0.39 is 33.2 Å². The smallest absolute Gasteiger partial charge is 0.394 e. The van der Waals surface area contributed by atoms with Crippen molar-refractivity contribution in [3.63, 3.8) is 0 Å². The van der Waals surface area contributed by atoms with Crippen LogP contribution in [0.4, 0.5) is 0 Å². The third kappa shape index (κ3) is 17.9. The number of ether oxygens (including phenoxy) is 2. The van der Waals surface area contributed by atoms with E-state index in [0.717, 1.165) is 0 Å². The topological polar surface area (TPSA) is 192 Å². The summed E-state index contributed by atoms with van der Waals surface area (Å²) >= 11 is 0. The highest BCUT2D eigenvalue weighted by Crippen LogP contribution is 2.35. The molecular formula is C10H26NO10P. The van der Waals surface area contributed by atoms with Gasteiger partial charge in [-0.25, -0.2) is 4.57 Å². The van der Waals surface area contributed by atoms with Crippen LogP contribution in [0.2, 0.25) is 0 Å². The Hall–Kier alpha value is -0.170. The lowest BCUT2D eigenvalue weighted by atomic mass is 10.1. The van der Waals surface area contributed by atoms with Crippen molar-refractivity contribution in [2.45, 2.75) is 5.54 Å². The molecule has 0 aromatic rings. The second-order valence-electron chi connectivity index (χ2n) is 4.11. The highest BCUT2D eigenvalue weighted by atomic mass is 31.2. The van der Waals surface area contributed by atoms with Gasteiger partial charge in [0.15, 0.2) is 0 Å². The summed E-state index contributed by atoms with van der Waals surface area (Å²) in [6.45, 7) is -0.442. The summed E-state index contributed by atoms with van der Waals surface area (Å²) in [6, 6.07) is 0. The predicted molar refractivity (Wildman–Crippen MR) is 74.9 cm³/mol. The zero-order chi connectivity index (χ0) is 17.5. The number of rotatable bonds is 12. The fourth-order valence-corrected chi connectivity index (χ4v) is 1.06. The molecule has 0 saturated heterocycles. The van der Waals surface area contributed by atoms with Gasteiger partial charge in [-0.3, -0.25) is 4.52 Å². The molecule has 22 heavy (non-hydrogen) atoms. The predicted octanol–water partition coefficient (Wildman–Crippen LogP) is -3.22. The van der Waals surface area contributed by atoms with Crippen molar-refractivity contribution < 1.29 is 48.8 Å². The Kier molecular flexibility index (Phi) is 15.8. The lowest BCUT2D eigenvalue weighted by Gasteiger charge is -2.20. The van der Waals surface area contributed by atoms with Crippen molar-refractivity contribution >= 4 is 7.82 Å². The Morgan fingerprint density at radius 1 is 0.818 bits per heavy atom. The first-order chi connectivity index (χ1) is 10.2. The number of hydrogen-bond donors (Lipinski definition) is 7. The second kappa shape index (κ2) is 14.4. The molecule has 0 aliphatic heterocycles. The van der Waals surface area contributed by atoms with Crippen LogP contribution in [0.15, 0.2) is 0 Å². The molecule has 0 saturated carbocycles. The van der Waals surface area contributed by atoms with Crippen LogP contribution in [0.3, 0.4) is 0 Å². The molecule has 0 atom stereocenters. The monoisotopic (exact) mass is 351 g/mol. The molecule has 0 amide bonds. The van der Waals surface area contributed by atoms with Crippen LogP contribution in [0, 0.1) is 0 Å². The zero-order valence-electron chi connectivity index (χ0n) is 12.2. The number of aliphatic hydroxyl groups excluding tert-OH is 4. The first kappa shape index (κ1) is 24.1. The zero-order valence-corrected chi connectivity index (χ0v) is 13.1. The summed E-state index contributed by atoms with van der Waals surface area (Å²) in [5.41, 5.74) is 3.94. The largest absolute Gasteiger partial charge is 0.469 e. The minimum absolute atomic E-state index is 0.0404. The lowest BCUT2D eigenvalue weighted by Crippen LogP contribution is -2.50. The van der Waals surface area contributed by atoms with Gasteiger partial charge < -0.3 is 45.4 Å². The summed E-state index contributed by atoms with van der Waals surface area (Å²) < 4.78 is 24.0. The van der Waals surface area contributed by atoms with E-state index >= 15 is 0 Å². The maximum Gasteiger partial charge on any atom is 0.469 e. The number of hydrogen-bond acceptors (Lipinski definition) is 9. The Balaban J connectivity index is 0. The van der Waals surface area contributed by atoms with Crippen LogP contribution in [-0.2, 0) is 18.6 Å². The third-order valence-corrected chi connectivity index (χ3v) is 2.56. The standard InChI is InChI=1S/C6H15O7P.C4H11NO3/c7-1-2-11-3-4-12-5-6-13-14(8,9)10;5-4(1-6,2-7)3-8/h7H,1-6H2,(H2,8,9,10);6-8H,1-3,5H2. The minimum atomic E-state index is -4.38. The molecule has 8 N–H and O–H groups in total. The molecule has 0 spiro atoms. The number of phosphoric acid groups is 1. The van der Waals surface area contributed by atoms with Gasteiger partial charge >= 0.3 is 7.82 Å². The quantitative estimate of drug-likeness (QED) is 0.138. The lowest BCUT2D eigenvalue weighted by molar-refractivity contribution is 0.0217. The van der Waals surface area contributed by atoms with Gasteiger partial charge in [0, 0.05) is 0 Å². The van der Waals surface area contributed by atoms with Crippen LogP contribution in [0.5, 0.6) is 0 Å². The summed E-state index contributed by atoms with van der Waals surface area (Å²) in [4.78, 5) is 16.5. The van der Waals surface area contributed by atoms with Crippen LogP contribution < -0.4 is 5.73 Å². The van der Waals surface area contributed by atoms with Gasteiger partial charge in [-0.2, -0.15) is 0 Å². The third-order valence-electron chi connectivity index (χ3n) is 2.04. The molecule has 0 heterocycles. The Morgan fingerprint density at radius 2 is 1.23 bits per heavy atom. The first-order valence-corrected chi connectivity index (χ1v) is 7.85. The SMILES string of the molecule is NC(CO)(CO)CO.O=P(O)(O)OCCOCCOCCO. The van der Waals surface area contributed by atoms with Crippen LogP contribution >= 0.6 is 7.82 Å². The van der Waals surface area contributed by atoms with Crippen molar-refractivity contribution in [2.75, 3.05) is 59.5 Å². The molecule has 0 rings (SSSR count). The van der Waals surface area contributed by atoms with Crippen molar-refractivity contribution in [1.29, 1.82) is 0 Å². The number of phosphoric ester groups is 1. The first-order valence-electron chi connectivity index (χ1n) is 6.32. The number of nitrogens with two attached hydrogens (primary N) is 1. The minimum Gasteiger partial charge on any atom is -0.394 e. The van der Waals surface area contributed by atoms with E-state index in [4.69, 9.17) is 45.4 Å². The van der Waals surface area contributed by atoms with Crippen LogP contribution in [0.1, 0.15) is 0 Å². The number of aliphatic hydroxyl groups is 4. The van der Waals surface area contributed by atoms with E-state index in [1.54, 1.807) is 0 Å². The molecule has 0 bridgehead atoms. The maximum absolute atomic E-state index is 10.2. The molecule has 0 aromatic carbocycles. The van der Waals surface area contributed by atoms with Crippen LogP contribution in [-0.4, -0.2) is 95.2 Å². The van der Waals surface area contributed by atoms with E-state index in [1.165, 1.54) is 0 Å². The fourth-order valence-electron chi connectivity index (χ4n) is 0.752. The van der Waals surface area contributed by atoms with Gasteiger partial charge in [-0.1, -0.05) is 0 Å². The molecule has 0 fully saturated rings. The molecule has 136 valence electrons. The van der Waals surface area contributed by atoms with Crippen molar-refractivity contribution in [2.24, 2.45) is 5.73 Å². The molecule has 0 unspecified atom stereocenters. The Bertz CT molecular complexity index is 275. The van der Waals surface area contributed by atoms with E-state index in [2.05, 4.69) is 4.52 Å². The van der Waals surface area contributed by atoms with E-state index in [0.29, 0.717) is 13.2 Å². The summed E-state index contributed by atoms with van der Waals surface area (Å²) in [5.74, 6) is 0. The van der Waals surface area contributed by atoms with E-state index in [9.17, 15) is 4.57 Å². The normalized spacial score (nSPS) is 12.0. The van der Waals surface area contributed by atoms with Crippen LogP contribution in [0.25, 0.3) is 0 Å². The average molecular weight is 351 g/mol. The summed E-state index contributed by atoms with van der Waals surface area (Å²) in [7, 11) is -4.38. The second-order valence-corrected chi connectivity index (χ2v) is 5.35. The summed E-state index contributed by atoms with van der Waals surface area (Å²) in [5, 5.41) is 33.3. The van der Waals surface area contributed by atoms with Crippen molar-refractivity contribution in [3.05, 3.63) is 0 Å². The van der Waals surface area contributed by atoms with Crippen molar-refractivity contribution in [3.8, 4) is 0 Å². The summed E-state index contributed by atoms with van der Waals surface area (Å²) in [6.07, 6.45) is 0. The fraction of sp³-hybridized carbons (Fsp3) is 1.00. The highest BCUT2D eigenvalue weighted by molar-refractivity contribution is 7.46. The average Bonchev–Trinajstić information content (AvgIpc) is 2.49. The molecular weight excluding hydrogens is 325 g/mol. The Morgan fingerprint density at radius 3 is 1.55 bits per heavy atom. The molecule has 0 aliphatic rings. The van der Waals surface area contributed by atoms with Gasteiger partial charge in [0.25, 0.3) is 0 Å². The van der Waals surface area contributed by atoms with Gasteiger partial charge in [0.1, 0.15) is 0 Å². The van der Waals surface area contributed by atoms with E-state index in [1.807, 2.05) is 0 Å². The molecule has 0 aromatic heterocycles. The van der Waals surface area contributed by atoms with Crippen molar-refractivity contribution in [1.82, 2.24) is 0 Å². The van der Waals surface area contributed by atoms with Gasteiger partial charge in [-0.15, -0.1) is 0 Å². The maximum atomic E-state index is 10.2.